The lowest BCUT2D eigenvalue weighted by molar-refractivity contribution is 0.627. The Morgan fingerprint density at radius 1 is 1.20 bits per heavy atom. The number of hydrogen-bond donors (Lipinski definition) is 1. The largest absolute Gasteiger partial charge is 0.350 e. The van der Waals surface area contributed by atoms with E-state index >= 15 is 0 Å². The van der Waals surface area contributed by atoms with Crippen LogP contribution in [0.2, 0.25) is 0 Å². The van der Waals surface area contributed by atoms with Gasteiger partial charge in [0.05, 0.1) is 0 Å². The minimum atomic E-state index is -0.769. The molecule has 1 unspecified atom stereocenters. The van der Waals surface area contributed by atoms with Gasteiger partial charge in [0.25, 0.3) is 0 Å². The normalized spacial score (nSPS) is 21.9. The lowest BCUT2D eigenvalue weighted by atomic mass is 9.98. The van der Waals surface area contributed by atoms with E-state index in [2.05, 4.69) is 23.3 Å². The highest BCUT2D eigenvalue weighted by atomic mass is 35.5. The van der Waals surface area contributed by atoms with Gasteiger partial charge in [-0.1, -0.05) is 49.4 Å². The van der Waals surface area contributed by atoms with E-state index in [9.17, 15) is 0 Å². The molecular formula is C16H20Cl2N2. The van der Waals surface area contributed by atoms with Crippen molar-refractivity contribution in [3.63, 3.8) is 0 Å². The van der Waals surface area contributed by atoms with E-state index in [4.69, 9.17) is 23.2 Å². The quantitative estimate of drug-likeness (QED) is 0.451. The summed E-state index contributed by atoms with van der Waals surface area (Å²) in [4.78, 5) is 3.26. The lowest BCUT2D eigenvalue weighted by Gasteiger charge is -2.30. The first kappa shape index (κ1) is 15.4. The number of pyridine rings is 1. The number of nitrogens with one attached hydrogen (secondary N) is 1. The number of allylic oxidation sites excluding steroid dienone is 2. The van der Waals surface area contributed by atoms with Gasteiger partial charge in [-0.25, -0.2) is 0 Å². The molecule has 1 aliphatic rings. The molecule has 0 radical (unpaired) electrons. The Bertz CT molecular complexity index is 496. The topological polar surface area (TPSA) is 24.9 Å². The highest BCUT2D eigenvalue weighted by Gasteiger charge is 2.30. The molecule has 0 amide bonds. The van der Waals surface area contributed by atoms with Gasteiger partial charge in [0.15, 0.2) is 5.00 Å². The van der Waals surface area contributed by atoms with Gasteiger partial charge in [0.1, 0.15) is 5.16 Å². The number of halogens is 2. The summed E-state index contributed by atoms with van der Waals surface area (Å²) in [5.41, 5.74) is 2.14. The average molecular weight is 311 g/mol. The Morgan fingerprint density at radius 2 is 1.95 bits per heavy atom. The highest BCUT2D eigenvalue weighted by Crippen LogP contribution is 2.35. The Balaban J connectivity index is 2.11. The second-order valence-electron chi connectivity index (χ2n) is 5.09. The number of nitrogens with zero attached hydrogens (tertiary/aromatic N) is 1. The lowest BCUT2D eigenvalue weighted by Crippen LogP contribution is -2.35. The van der Waals surface area contributed by atoms with Crippen LogP contribution in [-0.2, 0) is 5.00 Å². The van der Waals surface area contributed by atoms with Crippen molar-refractivity contribution in [3.05, 3.63) is 53.0 Å². The number of dihydropyridines is 1. The smallest absolute Gasteiger partial charge is 0.158 e. The van der Waals surface area contributed by atoms with Crippen LogP contribution < -0.4 is 5.32 Å². The van der Waals surface area contributed by atoms with E-state index in [0.29, 0.717) is 5.16 Å². The van der Waals surface area contributed by atoms with Crippen LogP contribution in [0.1, 0.15) is 44.6 Å². The van der Waals surface area contributed by atoms with Crippen molar-refractivity contribution in [3.8, 4) is 0 Å². The van der Waals surface area contributed by atoms with Crippen LogP contribution in [0.15, 0.2) is 47.4 Å². The van der Waals surface area contributed by atoms with E-state index in [-0.39, 0.29) is 0 Å². The van der Waals surface area contributed by atoms with Crippen molar-refractivity contribution in [1.29, 1.82) is 0 Å². The van der Waals surface area contributed by atoms with Crippen LogP contribution in [-0.4, -0.2) is 4.98 Å². The molecule has 2 heterocycles. The maximum atomic E-state index is 6.69. The molecule has 0 aliphatic carbocycles. The summed E-state index contributed by atoms with van der Waals surface area (Å²) >= 11 is 12.9. The Kier molecular flexibility index (Phi) is 5.50. The molecule has 108 valence electrons. The first-order valence-corrected chi connectivity index (χ1v) is 7.86. The van der Waals surface area contributed by atoms with E-state index in [0.717, 1.165) is 12.0 Å². The Morgan fingerprint density at radius 3 is 2.65 bits per heavy atom. The predicted octanol–water partition coefficient (Wildman–Crippen LogP) is 5.05. The summed E-state index contributed by atoms with van der Waals surface area (Å²) < 4.78 is 0. The van der Waals surface area contributed by atoms with Crippen molar-refractivity contribution in [2.24, 2.45) is 0 Å². The zero-order chi connectivity index (χ0) is 14.4. The van der Waals surface area contributed by atoms with Crippen molar-refractivity contribution in [2.75, 3.05) is 0 Å². The molecule has 1 N–H and O–H groups in total. The second-order valence-corrected chi connectivity index (χ2v) is 6.10. The third-order valence-electron chi connectivity index (χ3n) is 3.42. The molecule has 1 aromatic rings. The summed E-state index contributed by atoms with van der Waals surface area (Å²) in [6, 6.07) is 3.81. The summed E-state index contributed by atoms with van der Waals surface area (Å²) in [5, 5.41) is 3.72. The van der Waals surface area contributed by atoms with Crippen LogP contribution in [0.4, 0.5) is 0 Å². The first-order valence-electron chi connectivity index (χ1n) is 7.10. The number of unbranched alkanes of at least 4 members (excludes halogenated alkanes) is 3. The third-order valence-corrected chi connectivity index (χ3v) is 4.04. The minimum absolute atomic E-state index is 0.588. The molecule has 20 heavy (non-hydrogen) atoms. The molecule has 4 heteroatoms. The molecule has 0 saturated carbocycles. The molecule has 2 rings (SSSR count). The fourth-order valence-corrected chi connectivity index (χ4v) is 3.06. The molecule has 1 aliphatic heterocycles. The van der Waals surface area contributed by atoms with Crippen LogP contribution in [0.5, 0.6) is 0 Å². The van der Waals surface area contributed by atoms with Gasteiger partial charge >= 0.3 is 0 Å². The number of hydrogen-bond acceptors (Lipinski definition) is 2. The van der Waals surface area contributed by atoms with Gasteiger partial charge in [-0.3, -0.25) is 4.98 Å². The number of alkyl halides is 1. The van der Waals surface area contributed by atoms with Gasteiger partial charge in [-0.2, -0.15) is 0 Å². The van der Waals surface area contributed by atoms with Crippen molar-refractivity contribution in [2.45, 2.75) is 44.0 Å². The van der Waals surface area contributed by atoms with Crippen LogP contribution in [0.25, 0.3) is 0 Å². The summed E-state index contributed by atoms with van der Waals surface area (Å²) in [6.07, 6.45) is 13.5. The fraction of sp³-hybridized carbons (Fsp3) is 0.438. The molecule has 0 fully saturated rings. The molecule has 0 spiro atoms. The van der Waals surface area contributed by atoms with Crippen LogP contribution >= 0.6 is 23.2 Å². The standard InChI is InChI=1S/C16H20Cl2N2/c1-2-3-4-5-6-13-11-15(17)20-16(18,12-13)14-7-9-19-10-8-14/h7-12,20H,2-6H2,1H3. The van der Waals surface area contributed by atoms with E-state index in [1.807, 2.05) is 18.2 Å². The Labute approximate surface area is 130 Å². The predicted molar refractivity (Wildman–Crippen MR) is 85.7 cm³/mol. The van der Waals surface area contributed by atoms with E-state index < -0.39 is 5.00 Å². The molecule has 0 bridgehead atoms. The van der Waals surface area contributed by atoms with Gasteiger partial charge in [0, 0.05) is 12.4 Å². The zero-order valence-corrected chi connectivity index (χ0v) is 13.2. The Hall–Kier alpha value is -0.990. The monoisotopic (exact) mass is 310 g/mol. The molecule has 1 atom stereocenters. The minimum Gasteiger partial charge on any atom is -0.350 e. The van der Waals surface area contributed by atoms with Gasteiger partial charge < -0.3 is 5.32 Å². The SMILES string of the molecule is CCCCCCC1=CC(Cl)(c2ccncc2)NC(Cl)=C1. The van der Waals surface area contributed by atoms with Gasteiger partial charge in [-0.05, 0) is 48.3 Å². The van der Waals surface area contributed by atoms with E-state index in [1.165, 1.54) is 31.3 Å². The van der Waals surface area contributed by atoms with Crippen molar-refractivity contribution in [1.82, 2.24) is 10.3 Å². The van der Waals surface area contributed by atoms with Gasteiger partial charge in [-0.15, -0.1) is 0 Å². The third kappa shape index (κ3) is 4.00. The summed E-state index contributed by atoms with van der Waals surface area (Å²) in [7, 11) is 0. The molecule has 2 nitrogen and oxygen atoms in total. The van der Waals surface area contributed by atoms with Crippen LogP contribution in [0, 0.1) is 0 Å². The molecule has 1 aromatic heterocycles. The van der Waals surface area contributed by atoms with Crippen molar-refractivity contribution < 1.29 is 0 Å². The van der Waals surface area contributed by atoms with E-state index in [1.54, 1.807) is 12.4 Å². The van der Waals surface area contributed by atoms with Gasteiger partial charge in [0.2, 0.25) is 0 Å². The molecule has 0 aromatic carbocycles. The zero-order valence-electron chi connectivity index (χ0n) is 11.7. The maximum absolute atomic E-state index is 6.69. The number of rotatable bonds is 6. The van der Waals surface area contributed by atoms with Crippen LogP contribution in [0.3, 0.4) is 0 Å². The first-order chi connectivity index (χ1) is 9.64. The fourth-order valence-electron chi connectivity index (χ4n) is 2.36. The second kappa shape index (κ2) is 7.14. The average Bonchev–Trinajstić information content (AvgIpc) is 2.44. The molecule has 0 saturated heterocycles. The molecular weight excluding hydrogens is 291 g/mol. The summed E-state index contributed by atoms with van der Waals surface area (Å²) in [6.45, 7) is 2.22. The highest BCUT2D eigenvalue weighted by molar-refractivity contribution is 6.31. The number of aromatic nitrogens is 1. The maximum Gasteiger partial charge on any atom is 0.158 e. The summed E-state index contributed by atoms with van der Waals surface area (Å²) in [5.74, 6) is 0. The van der Waals surface area contributed by atoms with Crippen molar-refractivity contribution >= 4 is 23.2 Å².